The molecule has 0 saturated carbocycles. The van der Waals surface area contributed by atoms with E-state index in [0.717, 1.165) is 4.47 Å². The lowest BCUT2D eigenvalue weighted by atomic mass is 10.1. The number of ketones is 1. The van der Waals surface area contributed by atoms with Crippen molar-refractivity contribution < 1.29 is 18.9 Å². The van der Waals surface area contributed by atoms with Gasteiger partial charge in [-0.1, -0.05) is 28.1 Å². The molecule has 3 aromatic rings. The highest BCUT2D eigenvalue weighted by atomic mass is 79.9. The average molecular weight is 412 g/mol. The van der Waals surface area contributed by atoms with Crippen LogP contribution in [0, 0.1) is 10.1 Å². The number of furan rings is 1. The molecule has 6 nitrogen and oxygen atoms in total. The van der Waals surface area contributed by atoms with E-state index < -0.39 is 4.92 Å². The Bertz CT molecular complexity index is 1080. The van der Waals surface area contributed by atoms with Gasteiger partial charge in [0, 0.05) is 28.2 Å². The molecule has 4 rings (SSSR count). The Hall–Kier alpha value is -3.19. The summed E-state index contributed by atoms with van der Waals surface area (Å²) in [5, 5.41) is 10.9. The van der Waals surface area contributed by atoms with Gasteiger partial charge in [-0.15, -0.1) is 0 Å². The fraction of sp³-hybridized carbons (Fsp3) is 0. The number of nitro benzene ring substituents is 1. The number of Topliss-reactive ketones (excluding diaryl/α,β-unsaturated/α-hetero) is 1. The van der Waals surface area contributed by atoms with E-state index in [0.29, 0.717) is 28.4 Å². The lowest BCUT2D eigenvalue weighted by molar-refractivity contribution is -0.384. The standard InChI is InChI=1S/C19H10BrNO5/c20-12-4-6-17-15(9-12)19(22)18(26-17)10-14-5-7-16(25-14)11-2-1-3-13(8-11)21(23)24/h1-10H. The molecule has 0 spiro atoms. The van der Waals surface area contributed by atoms with E-state index in [4.69, 9.17) is 9.15 Å². The second kappa shape index (κ2) is 6.27. The molecule has 0 saturated heterocycles. The number of hydrogen-bond donors (Lipinski definition) is 0. The van der Waals surface area contributed by atoms with Crippen LogP contribution in [0.4, 0.5) is 5.69 Å². The van der Waals surface area contributed by atoms with Gasteiger partial charge in [0.1, 0.15) is 17.3 Å². The highest BCUT2D eigenvalue weighted by Crippen LogP contribution is 2.34. The van der Waals surface area contributed by atoms with Crippen molar-refractivity contribution in [1.29, 1.82) is 0 Å². The minimum Gasteiger partial charge on any atom is -0.457 e. The van der Waals surface area contributed by atoms with E-state index in [1.807, 2.05) is 0 Å². The van der Waals surface area contributed by atoms with Crippen LogP contribution in [-0.4, -0.2) is 10.7 Å². The molecule has 0 amide bonds. The van der Waals surface area contributed by atoms with Crippen LogP contribution in [-0.2, 0) is 0 Å². The third-order valence-electron chi connectivity index (χ3n) is 3.87. The molecule has 1 aromatic heterocycles. The van der Waals surface area contributed by atoms with Gasteiger partial charge in [-0.2, -0.15) is 0 Å². The van der Waals surface area contributed by atoms with Gasteiger partial charge in [0.15, 0.2) is 5.76 Å². The summed E-state index contributed by atoms with van der Waals surface area (Å²) in [7, 11) is 0. The molecule has 0 aliphatic carbocycles. The zero-order valence-corrected chi connectivity index (χ0v) is 14.7. The SMILES string of the molecule is O=C1C(=Cc2ccc(-c3cccc([N+](=O)[O-])c3)o2)Oc2ccc(Br)cc21. The predicted molar refractivity (Wildman–Crippen MR) is 97.9 cm³/mol. The van der Waals surface area contributed by atoms with E-state index in [1.165, 1.54) is 18.2 Å². The second-order valence-electron chi connectivity index (χ2n) is 5.59. The maximum absolute atomic E-state index is 12.4. The number of nitrogens with zero attached hydrogens (tertiary/aromatic N) is 1. The van der Waals surface area contributed by atoms with E-state index in [1.54, 1.807) is 42.5 Å². The van der Waals surface area contributed by atoms with Crippen molar-refractivity contribution in [2.45, 2.75) is 0 Å². The third kappa shape index (κ3) is 2.93. The van der Waals surface area contributed by atoms with Crippen LogP contribution in [0.25, 0.3) is 17.4 Å². The maximum Gasteiger partial charge on any atom is 0.270 e. The van der Waals surface area contributed by atoms with Crippen LogP contribution >= 0.6 is 15.9 Å². The number of carbonyl (C=O) groups is 1. The minimum atomic E-state index is -0.463. The Morgan fingerprint density at radius 2 is 1.92 bits per heavy atom. The van der Waals surface area contributed by atoms with Gasteiger partial charge in [-0.05, 0) is 30.3 Å². The fourth-order valence-electron chi connectivity index (χ4n) is 2.65. The van der Waals surface area contributed by atoms with E-state index in [-0.39, 0.29) is 17.2 Å². The van der Waals surface area contributed by atoms with Crippen LogP contribution in [0.1, 0.15) is 16.1 Å². The average Bonchev–Trinajstić information content (AvgIpc) is 3.21. The number of benzene rings is 2. The highest BCUT2D eigenvalue weighted by Gasteiger charge is 2.27. The number of carbonyl (C=O) groups excluding carboxylic acids is 1. The Balaban J connectivity index is 1.64. The molecule has 0 atom stereocenters. The number of hydrogen-bond acceptors (Lipinski definition) is 5. The number of halogens is 1. The maximum atomic E-state index is 12.4. The predicted octanol–water partition coefficient (Wildman–Crippen LogP) is 5.23. The first-order valence-corrected chi connectivity index (χ1v) is 8.39. The van der Waals surface area contributed by atoms with Crippen LogP contribution in [0.15, 0.2) is 69.2 Å². The van der Waals surface area contributed by atoms with Gasteiger partial charge in [0.05, 0.1) is 10.5 Å². The van der Waals surface area contributed by atoms with Crippen LogP contribution in [0.5, 0.6) is 5.75 Å². The first-order valence-electron chi connectivity index (χ1n) is 7.60. The molecule has 26 heavy (non-hydrogen) atoms. The highest BCUT2D eigenvalue weighted by molar-refractivity contribution is 9.10. The van der Waals surface area contributed by atoms with Crippen molar-refractivity contribution in [3.8, 4) is 17.1 Å². The zero-order valence-electron chi connectivity index (χ0n) is 13.1. The molecular formula is C19H10BrNO5. The van der Waals surface area contributed by atoms with Crippen molar-refractivity contribution in [3.05, 3.63) is 86.3 Å². The number of nitro groups is 1. The van der Waals surface area contributed by atoms with Crippen LogP contribution < -0.4 is 4.74 Å². The molecule has 0 bridgehead atoms. The number of fused-ring (bicyclic) bond motifs is 1. The molecule has 0 N–H and O–H groups in total. The van der Waals surface area contributed by atoms with E-state index in [2.05, 4.69) is 15.9 Å². The smallest absolute Gasteiger partial charge is 0.270 e. The summed E-state index contributed by atoms with van der Waals surface area (Å²) < 4.78 is 12.1. The Morgan fingerprint density at radius 1 is 1.08 bits per heavy atom. The normalized spacial score (nSPS) is 14.3. The summed E-state index contributed by atoms with van der Waals surface area (Å²) in [6.45, 7) is 0. The molecular weight excluding hydrogens is 402 g/mol. The van der Waals surface area contributed by atoms with E-state index in [9.17, 15) is 14.9 Å². The van der Waals surface area contributed by atoms with Gasteiger partial charge in [-0.25, -0.2) is 0 Å². The van der Waals surface area contributed by atoms with Crippen LogP contribution in [0.2, 0.25) is 0 Å². The fourth-order valence-corrected chi connectivity index (χ4v) is 3.01. The van der Waals surface area contributed by atoms with E-state index >= 15 is 0 Å². The molecule has 1 aliphatic rings. The summed E-state index contributed by atoms with van der Waals surface area (Å²) in [5.41, 5.74) is 1.04. The Morgan fingerprint density at radius 3 is 2.73 bits per heavy atom. The summed E-state index contributed by atoms with van der Waals surface area (Å²) in [6, 6.07) is 14.7. The molecule has 7 heteroatoms. The van der Waals surface area contributed by atoms with Crippen molar-refractivity contribution in [2.24, 2.45) is 0 Å². The summed E-state index contributed by atoms with van der Waals surface area (Å²) >= 11 is 3.33. The van der Waals surface area contributed by atoms with Crippen molar-refractivity contribution in [2.75, 3.05) is 0 Å². The topological polar surface area (TPSA) is 82.6 Å². The minimum absolute atomic E-state index is 0.0193. The summed E-state index contributed by atoms with van der Waals surface area (Å²) in [6.07, 6.45) is 1.51. The van der Waals surface area contributed by atoms with Crippen molar-refractivity contribution in [1.82, 2.24) is 0 Å². The summed E-state index contributed by atoms with van der Waals surface area (Å²) in [5.74, 6) is 1.32. The second-order valence-corrected chi connectivity index (χ2v) is 6.51. The molecule has 1 aliphatic heterocycles. The van der Waals surface area contributed by atoms with Gasteiger partial charge in [0.25, 0.3) is 5.69 Å². The van der Waals surface area contributed by atoms with Gasteiger partial charge < -0.3 is 9.15 Å². The van der Waals surface area contributed by atoms with Crippen molar-refractivity contribution in [3.63, 3.8) is 0 Å². The molecule has 0 radical (unpaired) electrons. The summed E-state index contributed by atoms with van der Waals surface area (Å²) in [4.78, 5) is 22.9. The molecule has 0 unspecified atom stereocenters. The number of non-ortho nitro benzene ring substituents is 1. The monoisotopic (exact) mass is 411 g/mol. The number of rotatable bonds is 3. The Kier molecular flexibility index (Phi) is 3.93. The number of ether oxygens (including phenoxy) is 1. The zero-order chi connectivity index (χ0) is 18.3. The van der Waals surface area contributed by atoms with Crippen molar-refractivity contribution >= 4 is 33.5 Å². The first-order chi connectivity index (χ1) is 12.5. The largest absolute Gasteiger partial charge is 0.457 e. The van der Waals surface area contributed by atoms with Crippen LogP contribution in [0.3, 0.4) is 0 Å². The Labute approximate surface area is 156 Å². The lowest BCUT2D eigenvalue weighted by Gasteiger charge is -1.98. The molecule has 2 aromatic carbocycles. The third-order valence-corrected chi connectivity index (χ3v) is 4.36. The van der Waals surface area contributed by atoms with Gasteiger partial charge in [0.2, 0.25) is 5.78 Å². The lowest BCUT2D eigenvalue weighted by Crippen LogP contribution is -1.97. The van der Waals surface area contributed by atoms with Gasteiger partial charge >= 0.3 is 0 Å². The quantitative estimate of drug-likeness (QED) is 0.334. The number of allylic oxidation sites excluding steroid dienone is 1. The first kappa shape index (κ1) is 16.3. The molecule has 2 heterocycles. The van der Waals surface area contributed by atoms with Gasteiger partial charge in [-0.3, -0.25) is 14.9 Å². The molecule has 128 valence electrons. The molecule has 0 fully saturated rings.